The molecule has 3 aliphatic carbocycles. The quantitative estimate of drug-likeness (QED) is 0.0914. The fourth-order valence-corrected chi connectivity index (χ4v) is 13.9. The lowest BCUT2D eigenvalue weighted by atomic mass is 9.45. The van der Waals surface area contributed by atoms with E-state index in [1.54, 1.807) is 99.6 Å². The van der Waals surface area contributed by atoms with Crippen LogP contribution in [-0.4, -0.2) is 117 Å². The molecule has 1 amide bonds. The molecule has 2 bridgehead atoms. The van der Waals surface area contributed by atoms with Crippen LogP contribution in [0.4, 0.5) is 0 Å². The third kappa shape index (κ3) is 9.33. The van der Waals surface area contributed by atoms with Gasteiger partial charge in [-0.05, 0) is 74.0 Å². The third-order valence-corrected chi connectivity index (χ3v) is 17.1. The lowest BCUT2D eigenvalue weighted by Crippen LogP contribution is -2.82. The average Bonchev–Trinajstić information content (AvgIpc) is 3.26. The minimum absolute atomic E-state index is 0.0323. The molecular formula is C51H61NO15SSi. The number of Topliss-reactive ketones (excluding diaryl/α,β-unsaturated/α-hetero) is 1. The van der Waals surface area contributed by atoms with Crippen molar-refractivity contribution in [3.63, 3.8) is 0 Å². The Morgan fingerprint density at radius 2 is 1.39 bits per heavy atom. The number of nitrogens with one attached hydrogen (secondary N) is 1. The van der Waals surface area contributed by atoms with E-state index in [9.17, 15) is 32.7 Å². The molecule has 370 valence electrons. The van der Waals surface area contributed by atoms with Gasteiger partial charge in [-0.1, -0.05) is 87.5 Å². The molecule has 7 rings (SSSR count). The highest BCUT2D eigenvalue weighted by atomic mass is 32.2. The number of hydrogen-bond acceptors (Lipinski definition) is 15. The van der Waals surface area contributed by atoms with Crippen molar-refractivity contribution in [2.75, 3.05) is 12.9 Å². The monoisotopic (exact) mass is 987 g/mol. The molecule has 2 N–H and O–H groups in total. The van der Waals surface area contributed by atoms with Gasteiger partial charge in [-0.3, -0.25) is 19.2 Å². The van der Waals surface area contributed by atoms with E-state index in [0.29, 0.717) is 11.1 Å². The number of ketones is 1. The molecule has 4 aliphatic rings. The predicted octanol–water partition coefficient (Wildman–Crippen LogP) is 5.65. The Kier molecular flexibility index (Phi) is 13.9. The summed E-state index contributed by atoms with van der Waals surface area (Å²) in [5.41, 5.74) is -7.33. The Balaban J connectivity index is 1.46. The van der Waals surface area contributed by atoms with Crippen LogP contribution in [0.1, 0.15) is 86.7 Å². The fraction of sp³-hybridized carbons (Fsp3) is 0.490. The van der Waals surface area contributed by atoms with E-state index in [-0.39, 0.29) is 29.7 Å². The van der Waals surface area contributed by atoms with Gasteiger partial charge in [-0.15, -0.1) is 0 Å². The molecule has 2 saturated carbocycles. The molecule has 0 radical (unpaired) electrons. The van der Waals surface area contributed by atoms with Gasteiger partial charge in [0, 0.05) is 37.5 Å². The van der Waals surface area contributed by atoms with Gasteiger partial charge in [0.25, 0.3) is 5.91 Å². The van der Waals surface area contributed by atoms with Crippen LogP contribution < -0.4 is 5.32 Å². The largest absolute Gasteiger partial charge is 0.456 e. The van der Waals surface area contributed by atoms with Crippen molar-refractivity contribution >= 4 is 53.7 Å². The Bertz CT molecular complexity index is 2650. The molecule has 3 aromatic carbocycles. The zero-order valence-corrected chi connectivity index (χ0v) is 42.3. The summed E-state index contributed by atoms with van der Waals surface area (Å²) in [5.74, 6) is -6.86. The maximum Gasteiger partial charge on any atom is 0.338 e. The SMILES string of the molecule is CC(=O)OC1C(=O)[C@@]2(C)C(C(OC(=O)c3ccccc3)C3(O)CC(OC(=O)C(O[Si](C)(C)C)C(NC(=O)c4ccccc4)c4ccccc4)C(C)=C1C3(C)C)C1(OC(C)=O)COC1CC2S(C)(=O)=O. The zero-order valence-electron chi connectivity index (χ0n) is 40.5. The smallest absolute Gasteiger partial charge is 0.338 e. The van der Waals surface area contributed by atoms with E-state index in [2.05, 4.69) is 5.32 Å². The number of aliphatic hydroxyl groups is 1. The summed E-state index contributed by atoms with van der Waals surface area (Å²) in [5, 5.41) is 15.4. The van der Waals surface area contributed by atoms with Crippen molar-refractivity contribution in [1.82, 2.24) is 5.32 Å². The van der Waals surface area contributed by atoms with Gasteiger partial charge in [0.2, 0.25) is 0 Å². The lowest BCUT2D eigenvalue weighted by molar-refractivity contribution is -0.331. The highest BCUT2D eigenvalue weighted by Crippen LogP contribution is 2.65. The summed E-state index contributed by atoms with van der Waals surface area (Å²) in [7, 11) is -7.00. The summed E-state index contributed by atoms with van der Waals surface area (Å²) in [4.78, 5) is 86.2. The number of carbonyl (C=O) groups excluding carboxylic acids is 6. The van der Waals surface area contributed by atoms with Gasteiger partial charge >= 0.3 is 23.9 Å². The predicted molar refractivity (Wildman–Crippen MR) is 253 cm³/mol. The van der Waals surface area contributed by atoms with Crippen LogP contribution in [0.2, 0.25) is 19.6 Å². The number of carbonyl (C=O) groups is 6. The number of sulfone groups is 1. The van der Waals surface area contributed by atoms with Crippen molar-refractivity contribution in [2.45, 2.75) is 127 Å². The van der Waals surface area contributed by atoms with Crippen molar-refractivity contribution in [1.29, 1.82) is 0 Å². The maximum absolute atomic E-state index is 16.0. The minimum atomic E-state index is -4.27. The second kappa shape index (κ2) is 18.7. The molecule has 18 heteroatoms. The molecule has 16 nitrogen and oxygen atoms in total. The van der Waals surface area contributed by atoms with Crippen LogP contribution in [0.5, 0.6) is 0 Å². The molecule has 10 unspecified atom stereocenters. The van der Waals surface area contributed by atoms with Crippen LogP contribution >= 0.6 is 0 Å². The first-order valence-electron chi connectivity index (χ1n) is 22.9. The van der Waals surface area contributed by atoms with E-state index < -0.39 is 130 Å². The second-order valence-corrected chi connectivity index (χ2v) is 27.1. The fourth-order valence-electron chi connectivity index (χ4n) is 11.3. The number of benzene rings is 3. The average molecular weight is 988 g/mol. The van der Waals surface area contributed by atoms with Crippen LogP contribution in [0, 0.1) is 16.7 Å². The summed E-state index contributed by atoms with van der Waals surface area (Å²) in [6.45, 7) is 13.4. The number of ether oxygens (including phenoxy) is 5. The number of amides is 1. The van der Waals surface area contributed by atoms with Crippen molar-refractivity contribution in [3.05, 3.63) is 119 Å². The molecule has 1 heterocycles. The molecule has 11 atom stereocenters. The first-order chi connectivity index (χ1) is 32.2. The van der Waals surface area contributed by atoms with E-state index in [4.69, 9.17) is 28.1 Å². The number of esters is 4. The van der Waals surface area contributed by atoms with Gasteiger partial charge < -0.3 is 38.5 Å². The number of rotatable bonds is 13. The van der Waals surface area contributed by atoms with E-state index in [0.717, 1.165) is 20.1 Å². The van der Waals surface area contributed by atoms with E-state index >= 15 is 9.59 Å². The van der Waals surface area contributed by atoms with Crippen molar-refractivity contribution in [3.8, 4) is 0 Å². The molecule has 0 aromatic heterocycles. The highest BCUT2D eigenvalue weighted by molar-refractivity contribution is 7.91. The third-order valence-electron chi connectivity index (χ3n) is 14.4. The van der Waals surface area contributed by atoms with Gasteiger partial charge in [-0.2, -0.15) is 0 Å². The molecule has 0 spiro atoms. The molecule has 3 aromatic rings. The molecule has 1 aliphatic heterocycles. The van der Waals surface area contributed by atoms with Crippen LogP contribution in [-0.2, 0) is 57.1 Å². The Morgan fingerprint density at radius 1 is 0.826 bits per heavy atom. The number of fused-ring (bicyclic) bond motifs is 5. The Morgan fingerprint density at radius 3 is 1.90 bits per heavy atom. The Hall–Kier alpha value is -5.53. The summed E-state index contributed by atoms with van der Waals surface area (Å²) < 4.78 is 66.0. The first kappa shape index (κ1) is 51.3. The summed E-state index contributed by atoms with van der Waals surface area (Å²) in [6.07, 6.45) is -7.97. The van der Waals surface area contributed by atoms with Crippen molar-refractivity contribution < 1.29 is 70.4 Å². The molecule has 1 saturated heterocycles. The molecular weight excluding hydrogens is 927 g/mol. The van der Waals surface area contributed by atoms with E-state index in [1.165, 1.54) is 19.1 Å². The normalized spacial score (nSPS) is 30.3. The second-order valence-electron chi connectivity index (χ2n) is 20.4. The van der Waals surface area contributed by atoms with E-state index in [1.807, 2.05) is 19.6 Å². The van der Waals surface area contributed by atoms with Gasteiger partial charge in [0.05, 0.1) is 34.8 Å². The van der Waals surface area contributed by atoms with Crippen molar-refractivity contribution in [2.24, 2.45) is 16.7 Å². The standard InChI is InChI=1S/C51H61NO15SSi/c1-29-35(64-47(58)41(67-69(8,9)10)39(32-20-14-11-15-21-32)52-45(56)33-22-16-12-17-23-33)27-51(59)44(65-46(57)34-24-18-13-19-25-34)42-49(6,43(55)40(63-30(2)53)38(29)48(51,4)5)37(68(7,60)61)26-36-50(42,28-62-36)66-31(3)54/h11-25,35-37,39-42,44,59H,26-28H2,1-10H3,(H,52,56)/t35?,36?,37?,39?,40?,41?,42?,44?,49-,50?,51?/m1/s1. The summed E-state index contributed by atoms with van der Waals surface area (Å²) >= 11 is 0. The lowest BCUT2D eigenvalue weighted by Gasteiger charge is -2.67. The number of hydrogen-bond donors (Lipinski definition) is 2. The molecule has 3 fully saturated rings. The highest BCUT2D eigenvalue weighted by Gasteiger charge is 2.79. The van der Waals surface area contributed by atoms with Gasteiger partial charge in [0.15, 0.2) is 41.7 Å². The molecule has 69 heavy (non-hydrogen) atoms. The topological polar surface area (TPSA) is 224 Å². The van der Waals surface area contributed by atoms with Crippen LogP contribution in [0.25, 0.3) is 0 Å². The van der Waals surface area contributed by atoms with Gasteiger partial charge in [0.1, 0.15) is 23.9 Å². The van der Waals surface area contributed by atoms with Crippen LogP contribution in [0.15, 0.2) is 102 Å². The summed E-state index contributed by atoms with van der Waals surface area (Å²) in [6, 6.07) is 23.8. The maximum atomic E-state index is 16.0. The zero-order chi connectivity index (χ0) is 50.6. The van der Waals surface area contributed by atoms with Crippen LogP contribution in [0.3, 0.4) is 0 Å². The Labute approximate surface area is 403 Å². The van der Waals surface area contributed by atoms with Gasteiger partial charge in [-0.25, -0.2) is 18.0 Å². The minimum Gasteiger partial charge on any atom is -0.456 e. The first-order valence-corrected chi connectivity index (χ1v) is 28.2.